The molecule has 4 nitrogen and oxygen atoms in total. The Morgan fingerprint density at radius 2 is 2.07 bits per heavy atom. The van der Waals surface area contributed by atoms with E-state index >= 15 is 0 Å². The topological polar surface area (TPSA) is 40.2 Å². The van der Waals surface area contributed by atoms with Crippen LogP contribution in [0.15, 0.2) is 0 Å². The van der Waals surface area contributed by atoms with Crippen LogP contribution in [0.2, 0.25) is 0 Å². The summed E-state index contributed by atoms with van der Waals surface area (Å²) in [5.74, 6) is 0.0741. The van der Waals surface area contributed by atoms with Gasteiger partial charge in [0.1, 0.15) is 12.0 Å². The number of epoxide rings is 1. The van der Waals surface area contributed by atoms with Crippen LogP contribution in [0.3, 0.4) is 0 Å². The lowest BCUT2D eigenvalue weighted by molar-refractivity contribution is -0.0411. The lowest BCUT2D eigenvalue weighted by Crippen LogP contribution is -2.11. The van der Waals surface area contributed by atoms with Crippen LogP contribution in [-0.2, 0) is 18.9 Å². The summed E-state index contributed by atoms with van der Waals surface area (Å²) in [5, 5.41) is 0. The van der Waals surface area contributed by atoms with Crippen LogP contribution in [0.4, 0.5) is 0 Å². The van der Waals surface area contributed by atoms with E-state index in [0.717, 1.165) is 36.5 Å². The van der Waals surface area contributed by atoms with Crippen molar-refractivity contribution in [1.29, 1.82) is 0 Å². The molecular formula is C9H21O4Si. The molecule has 0 N–H and O–H groups in total. The molecule has 0 aromatic carbocycles. The summed E-state index contributed by atoms with van der Waals surface area (Å²) in [6.07, 6.45) is 1.26. The Labute approximate surface area is 89.3 Å². The van der Waals surface area contributed by atoms with Crippen molar-refractivity contribution in [3.05, 3.63) is 6.92 Å². The summed E-state index contributed by atoms with van der Waals surface area (Å²) in [4.78, 5) is 0. The van der Waals surface area contributed by atoms with E-state index < -0.39 is 0 Å². The molecule has 1 aliphatic heterocycles. The van der Waals surface area contributed by atoms with Crippen LogP contribution in [-0.4, -0.2) is 56.3 Å². The Morgan fingerprint density at radius 3 is 2.36 bits per heavy atom. The molecule has 0 aromatic rings. The standard InChI is InChI=1S/C6H11O2.C3H10O2Si/c1-2-3-7-4-6-5-8-6;1-4-3(6)5-2/h6H,1-5H2;3H,1-2,6H3. The van der Waals surface area contributed by atoms with Gasteiger partial charge in [-0.15, -0.1) is 0 Å². The Morgan fingerprint density at radius 1 is 1.50 bits per heavy atom. The first kappa shape index (κ1) is 14.1. The van der Waals surface area contributed by atoms with E-state index in [1.165, 1.54) is 0 Å². The van der Waals surface area contributed by atoms with Gasteiger partial charge >= 0.3 is 0 Å². The molecular weight excluding hydrogens is 200 g/mol. The molecule has 0 aromatic heterocycles. The Bertz CT molecular complexity index is 115. The van der Waals surface area contributed by atoms with E-state index in [2.05, 4.69) is 6.92 Å². The molecule has 85 valence electrons. The van der Waals surface area contributed by atoms with E-state index in [1.54, 1.807) is 14.2 Å². The highest BCUT2D eigenvalue weighted by molar-refractivity contribution is 6.09. The molecule has 0 bridgehead atoms. The molecule has 1 fully saturated rings. The van der Waals surface area contributed by atoms with E-state index in [0.29, 0.717) is 6.10 Å². The van der Waals surface area contributed by atoms with Crippen molar-refractivity contribution in [2.45, 2.75) is 18.4 Å². The summed E-state index contributed by atoms with van der Waals surface area (Å²) in [6, 6.07) is 0. The second-order valence-corrected chi connectivity index (χ2v) is 3.87. The Kier molecular flexibility index (Phi) is 9.64. The lowest BCUT2D eigenvalue weighted by Gasteiger charge is -2.03. The van der Waals surface area contributed by atoms with Gasteiger partial charge in [-0.1, -0.05) is 6.92 Å². The molecule has 1 rings (SSSR count). The normalized spacial score (nSPS) is 19.3. The van der Waals surface area contributed by atoms with Crippen LogP contribution in [0.25, 0.3) is 0 Å². The maximum absolute atomic E-state index is 5.12. The highest BCUT2D eigenvalue weighted by Crippen LogP contribution is 2.08. The smallest absolute Gasteiger partial charge is 0.130 e. The third-order valence-corrected chi connectivity index (χ3v) is 2.60. The molecule has 5 heteroatoms. The molecule has 14 heavy (non-hydrogen) atoms. The van der Waals surface area contributed by atoms with Gasteiger partial charge in [-0.05, 0) is 6.42 Å². The average Bonchev–Trinajstić information content (AvgIpc) is 3.02. The van der Waals surface area contributed by atoms with Crippen LogP contribution >= 0.6 is 0 Å². The second kappa shape index (κ2) is 9.61. The zero-order valence-corrected chi connectivity index (χ0v) is 11.3. The van der Waals surface area contributed by atoms with E-state index in [4.69, 9.17) is 18.9 Å². The van der Waals surface area contributed by atoms with Crippen LogP contribution in [0.1, 0.15) is 6.42 Å². The quantitative estimate of drug-likeness (QED) is 0.264. The van der Waals surface area contributed by atoms with Gasteiger partial charge in [-0.3, -0.25) is 0 Å². The fraction of sp³-hybridized carbons (Fsp3) is 0.889. The van der Waals surface area contributed by atoms with Gasteiger partial charge in [0.25, 0.3) is 0 Å². The number of methoxy groups -OCH3 is 2. The summed E-state index contributed by atoms with van der Waals surface area (Å²) >= 11 is 0. The summed E-state index contributed by atoms with van der Waals surface area (Å²) in [5.41, 5.74) is 0. The molecule has 0 saturated carbocycles. The average molecular weight is 221 g/mol. The third kappa shape index (κ3) is 10.1. The van der Waals surface area contributed by atoms with Gasteiger partial charge in [0, 0.05) is 20.8 Å². The van der Waals surface area contributed by atoms with Crippen LogP contribution < -0.4 is 0 Å². The van der Waals surface area contributed by atoms with E-state index in [9.17, 15) is 0 Å². The predicted octanol–water partition coefficient (Wildman–Crippen LogP) is -0.446. The first-order valence-electron chi connectivity index (χ1n) is 4.78. The summed E-state index contributed by atoms with van der Waals surface area (Å²) in [6.45, 7) is 6.05. The van der Waals surface area contributed by atoms with Crippen molar-refractivity contribution >= 4 is 10.2 Å². The van der Waals surface area contributed by atoms with Gasteiger partial charge < -0.3 is 18.9 Å². The van der Waals surface area contributed by atoms with Crippen molar-refractivity contribution < 1.29 is 18.9 Å². The number of hydrogen-bond donors (Lipinski definition) is 0. The Hall–Kier alpha value is 0.0569. The zero-order chi connectivity index (χ0) is 10.8. The molecule has 0 spiro atoms. The molecule has 1 unspecified atom stereocenters. The largest absolute Gasteiger partial charge is 0.379 e. The van der Waals surface area contributed by atoms with Crippen molar-refractivity contribution in [2.75, 3.05) is 34.0 Å². The van der Waals surface area contributed by atoms with E-state index in [-0.39, 0.29) is 5.91 Å². The second-order valence-electron chi connectivity index (χ2n) is 2.92. The van der Waals surface area contributed by atoms with Crippen molar-refractivity contribution in [3.63, 3.8) is 0 Å². The molecule has 1 aliphatic rings. The lowest BCUT2D eigenvalue weighted by atomic mass is 10.5. The highest BCUT2D eigenvalue weighted by atomic mass is 28.1. The zero-order valence-electron chi connectivity index (χ0n) is 9.32. The minimum atomic E-state index is 0.0741. The summed E-state index contributed by atoms with van der Waals surface area (Å²) < 4.78 is 19.5. The fourth-order valence-electron chi connectivity index (χ4n) is 0.577. The van der Waals surface area contributed by atoms with Crippen LogP contribution in [0, 0.1) is 6.92 Å². The van der Waals surface area contributed by atoms with Gasteiger partial charge in [0.05, 0.1) is 23.5 Å². The van der Waals surface area contributed by atoms with Crippen molar-refractivity contribution in [3.8, 4) is 0 Å². The third-order valence-electron chi connectivity index (χ3n) is 1.66. The van der Waals surface area contributed by atoms with Crippen LogP contribution in [0.5, 0.6) is 0 Å². The van der Waals surface area contributed by atoms with Gasteiger partial charge in [-0.25, -0.2) is 0 Å². The fourth-order valence-corrected chi connectivity index (χ4v) is 0.577. The SMILES string of the molecule is COC([SiH3])OC.[CH2]CCOCC1CO1. The summed E-state index contributed by atoms with van der Waals surface area (Å²) in [7, 11) is 4.23. The van der Waals surface area contributed by atoms with Crippen molar-refractivity contribution in [1.82, 2.24) is 0 Å². The monoisotopic (exact) mass is 221 g/mol. The number of ether oxygens (including phenoxy) is 4. The maximum Gasteiger partial charge on any atom is 0.130 e. The molecule has 1 radical (unpaired) electrons. The molecule has 1 heterocycles. The molecule has 1 atom stereocenters. The Balaban J connectivity index is 0.000000255. The molecule has 0 aliphatic carbocycles. The maximum atomic E-state index is 5.12. The first-order chi connectivity index (χ1) is 6.74. The molecule has 0 amide bonds. The first-order valence-corrected chi connectivity index (χ1v) is 5.94. The number of rotatable bonds is 6. The van der Waals surface area contributed by atoms with Gasteiger partial charge in [0.15, 0.2) is 0 Å². The predicted molar refractivity (Wildman–Crippen MR) is 58.3 cm³/mol. The molecule has 1 saturated heterocycles. The minimum Gasteiger partial charge on any atom is -0.379 e. The minimum absolute atomic E-state index is 0.0741. The number of hydrogen-bond acceptors (Lipinski definition) is 4. The highest BCUT2D eigenvalue weighted by Gasteiger charge is 2.21. The van der Waals surface area contributed by atoms with E-state index in [1.807, 2.05) is 0 Å². The van der Waals surface area contributed by atoms with Crippen molar-refractivity contribution in [2.24, 2.45) is 0 Å². The van der Waals surface area contributed by atoms with Gasteiger partial charge in [-0.2, -0.15) is 0 Å². The van der Waals surface area contributed by atoms with Gasteiger partial charge in [0.2, 0.25) is 0 Å².